The van der Waals surface area contributed by atoms with Gasteiger partial charge in [-0.15, -0.1) is 0 Å². The van der Waals surface area contributed by atoms with E-state index < -0.39 is 0 Å². The minimum atomic E-state index is 0.724. The molecule has 1 rings (SSSR count). The summed E-state index contributed by atoms with van der Waals surface area (Å²) in [6.45, 7) is 4.61. The molecule has 0 amide bonds. The van der Waals surface area contributed by atoms with Crippen LogP contribution in [0.25, 0.3) is 0 Å². The van der Waals surface area contributed by atoms with Crippen LogP contribution in [-0.2, 0) is 7.05 Å². The lowest BCUT2D eigenvalue weighted by Gasteiger charge is -2.13. The summed E-state index contributed by atoms with van der Waals surface area (Å²) >= 11 is 0. The number of nitrogens with one attached hydrogen (secondary N) is 1. The van der Waals surface area contributed by atoms with Gasteiger partial charge in [-0.25, -0.2) is 9.55 Å². The van der Waals surface area contributed by atoms with E-state index in [0.717, 1.165) is 5.92 Å². The van der Waals surface area contributed by atoms with Crippen LogP contribution in [0.5, 0.6) is 0 Å². The highest BCUT2D eigenvalue weighted by Crippen LogP contribution is 2.26. The molecule has 2 nitrogen and oxygen atoms in total. The van der Waals surface area contributed by atoms with Gasteiger partial charge in [-0.3, -0.25) is 0 Å². The van der Waals surface area contributed by atoms with Gasteiger partial charge in [0.15, 0.2) is 0 Å². The summed E-state index contributed by atoms with van der Waals surface area (Å²) < 4.78 is 2.32. The van der Waals surface area contributed by atoms with Crippen LogP contribution in [0.15, 0.2) is 12.4 Å². The third-order valence-electron chi connectivity index (χ3n) is 8.36. The summed E-state index contributed by atoms with van der Waals surface area (Å²) in [6.07, 6.45) is 43.1. The van der Waals surface area contributed by atoms with E-state index in [1.165, 1.54) is 179 Å². The van der Waals surface area contributed by atoms with Crippen molar-refractivity contribution in [3.8, 4) is 0 Å². The first-order valence-electron chi connectivity index (χ1n) is 16.8. The summed E-state index contributed by atoms with van der Waals surface area (Å²) in [5.41, 5.74) is 0. The number of imidazole rings is 1. The normalized spacial score (nSPS) is 12.4. The molecule has 1 aromatic heterocycles. The molecule has 0 unspecified atom stereocenters. The minimum absolute atomic E-state index is 0.724. The van der Waals surface area contributed by atoms with Crippen molar-refractivity contribution >= 4 is 0 Å². The zero-order valence-corrected chi connectivity index (χ0v) is 25.3. The molecule has 1 aromatic rings. The Balaban J connectivity index is 1.98. The Labute approximate surface area is 227 Å². The molecule has 0 aromatic carbocycles. The van der Waals surface area contributed by atoms with Crippen molar-refractivity contribution in [2.45, 2.75) is 193 Å². The van der Waals surface area contributed by atoms with Gasteiger partial charge in [0.2, 0.25) is 0 Å². The molecule has 0 aliphatic carbocycles. The first-order chi connectivity index (χ1) is 17.8. The maximum atomic E-state index is 3.55. The van der Waals surface area contributed by atoms with Crippen LogP contribution < -0.4 is 4.57 Å². The van der Waals surface area contributed by atoms with Crippen LogP contribution in [0, 0.1) is 0 Å². The lowest BCUT2D eigenvalue weighted by Crippen LogP contribution is -2.32. The Morgan fingerprint density at radius 3 is 1.08 bits per heavy atom. The van der Waals surface area contributed by atoms with E-state index in [9.17, 15) is 0 Å². The average Bonchev–Trinajstić information content (AvgIpc) is 3.31. The minimum Gasteiger partial charge on any atom is -0.247 e. The van der Waals surface area contributed by atoms with Gasteiger partial charge in [-0.2, -0.15) is 0 Å². The Bertz CT molecular complexity index is 549. The highest BCUT2D eigenvalue weighted by Gasteiger charge is 2.20. The fourth-order valence-electron chi connectivity index (χ4n) is 5.88. The van der Waals surface area contributed by atoms with Gasteiger partial charge >= 0.3 is 0 Å². The van der Waals surface area contributed by atoms with E-state index in [-0.39, 0.29) is 0 Å². The Morgan fingerprint density at radius 2 is 0.806 bits per heavy atom. The molecule has 36 heavy (non-hydrogen) atoms. The maximum absolute atomic E-state index is 3.55. The van der Waals surface area contributed by atoms with Crippen LogP contribution in [0.4, 0.5) is 0 Å². The zero-order valence-electron chi connectivity index (χ0n) is 25.3. The largest absolute Gasteiger partial charge is 0.257 e. The molecule has 0 fully saturated rings. The molecule has 0 spiro atoms. The van der Waals surface area contributed by atoms with Gasteiger partial charge < -0.3 is 0 Å². The molecule has 2 heteroatoms. The molecular weight excluding hydrogens is 436 g/mol. The van der Waals surface area contributed by atoms with Crippen molar-refractivity contribution in [1.29, 1.82) is 0 Å². The summed E-state index contributed by atoms with van der Waals surface area (Å²) in [4.78, 5) is 3.55. The standard InChI is InChI=1S/C34H66N2/c1-4-6-8-10-12-14-15-16-17-18-19-20-21-22-24-26-28-30-33(34-35-31-32-36(34)3)29-27-25-23-13-11-9-7-5-2/h31-33H,4-30H2,1-3H3/p+1/t33-/m0/s1. The van der Waals surface area contributed by atoms with Gasteiger partial charge in [-0.05, 0) is 12.8 Å². The first-order valence-corrected chi connectivity index (χ1v) is 16.8. The molecule has 0 aliphatic rings. The average molecular weight is 504 g/mol. The van der Waals surface area contributed by atoms with E-state index in [1.807, 2.05) is 0 Å². The SMILES string of the molecule is CCCCCCCCCCCCCCCCCCC[C@H](CCCCCCCCCC)c1[nH]cc[n+]1C. The van der Waals surface area contributed by atoms with E-state index in [1.54, 1.807) is 0 Å². The van der Waals surface area contributed by atoms with Crippen molar-refractivity contribution in [2.24, 2.45) is 7.05 Å². The summed E-state index contributed by atoms with van der Waals surface area (Å²) in [7, 11) is 2.21. The van der Waals surface area contributed by atoms with E-state index in [2.05, 4.69) is 42.8 Å². The van der Waals surface area contributed by atoms with Crippen molar-refractivity contribution in [3.05, 3.63) is 18.2 Å². The van der Waals surface area contributed by atoms with E-state index in [0.29, 0.717) is 0 Å². The molecule has 0 aliphatic heterocycles. The number of aromatic nitrogens is 2. The lowest BCUT2D eigenvalue weighted by atomic mass is 9.93. The molecule has 212 valence electrons. The monoisotopic (exact) mass is 504 g/mol. The Hall–Kier alpha value is -0.790. The quantitative estimate of drug-likeness (QED) is 0.0866. The maximum Gasteiger partial charge on any atom is 0.257 e. The predicted molar refractivity (Wildman–Crippen MR) is 161 cm³/mol. The summed E-state index contributed by atoms with van der Waals surface area (Å²) in [5.74, 6) is 2.18. The second-order valence-corrected chi connectivity index (χ2v) is 11.9. The second kappa shape index (κ2) is 25.8. The van der Waals surface area contributed by atoms with Crippen molar-refractivity contribution < 1.29 is 4.57 Å². The third-order valence-corrected chi connectivity index (χ3v) is 8.36. The zero-order chi connectivity index (χ0) is 25.9. The van der Waals surface area contributed by atoms with Gasteiger partial charge in [0.25, 0.3) is 5.82 Å². The molecule has 0 saturated heterocycles. The summed E-state index contributed by atoms with van der Waals surface area (Å²) in [6, 6.07) is 0. The second-order valence-electron chi connectivity index (χ2n) is 11.9. The first kappa shape index (κ1) is 33.2. The number of H-pyrrole nitrogens is 1. The lowest BCUT2D eigenvalue weighted by molar-refractivity contribution is -0.679. The Kier molecular flexibility index (Phi) is 23.9. The van der Waals surface area contributed by atoms with E-state index >= 15 is 0 Å². The van der Waals surface area contributed by atoms with Crippen LogP contribution in [0.1, 0.15) is 199 Å². The Morgan fingerprint density at radius 1 is 0.500 bits per heavy atom. The fourth-order valence-corrected chi connectivity index (χ4v) is 5.88. The highest BCUT2D eigenvalue weighted by molar-refractivity contribution is 4.89. The number of aryl methyl sites for hydroxylation is 1. The number of unbranched alkanes of at least 4 members (excludes halogenated alkanes) is 23. The summed E-state index contributed by atoms with van der Waals surface area (Å²) in [5, 5.41) is 0. The smallest absolute Gasteiger partial charge is 0.247 e. The number of rotatable bonds is 28. The van der Waals surface area contributed by atoms with Gasteiger partial charge in [-0.1, -0.05) is 174 Å². The van der Waals surface area contributed by atoms with Gasteiger partial charge in [0.05, 0.1) is 13.0 Å². The third kappa shape index (κ3) is 19.3. The fraction of sp³-hybridized carbons (Fsp3) is 0.912. The van der Waals surface area contributed by atoms with Crippen molar-refractivity contribution in [1.82, 2.24) is 4.98 Å². The van der Waals surface area contributed by atoms with Crippen LogP contribution in [0.3, 0.4) is 0 Å². The molecule has 0 radical (unpaired) electrons. The highest BCUT2D eigenvalue weighted by atomic mass is 15.0. The molecule has 0 saturated carbocycles. The van der Waals surface area contributed by atoms with Crippen LogP contribution in [-0.4, -0.2) is 4.98 Å². The number of aromatic amines is 1. The van der Waals surface area contributed by atoms with E-state index in [4.69, 9.17) is 0 Å². The number of hydrogen-bond donors (Lipinski definition) is 1. The van der Waals surface area contributed by atoms with Gasteiger partial charge in [0, 0.05) is 0 Å². The topological polar surface area (TPSA) is 19.7 Å². The van der Waals surface area contributed by atoms with Crippen LogP contribution >= 0.6 is 0 Å². The molecule has 1 N–H and O–H groups in total. The number of hydrogen-bond acceptors (Lipinski definition) is 0. The van der Waals surface area contributed by atoms with Gasteiger partial charge in [0.1, 0.15) is 12.4 Å². The molecule has 0 bridgehead atoms. The molecule has 1 atom stereocenters. The molecule has 1 heterocycles. The van der Waals surface area contributed by atoms with Crippen LogP contribution in [0.2, 0.25) is 0 Å². The molecular formula is C34H67N2+. The van der Waals surface area contributed by atoms with Crippen molar-refractivity contribution in [2.75, 3.05) is 0 Å². The number of nitrogens with zero attached hydrogens (tertiary/aromatic N) is 1. The predicted octanol–water partition coefficient (Wildman–Crippen LogP) is 11.5. The van der Waals surface area contributed by atoms with Crippen molar-refractivity contribution in [3.63, 3.8) is 0 Å².